The Balaban J connectivity index is 1.82. The second-order valence-corrected chi connectivity index (χ2v) is 7.33. The van der Waals surface area contributed by atoms with Crippen molar-refractivity contribution in [3.05, 3.63) is 34.6 Å². The third-order valence-electron chi connectivity index (χ3n) is 4.48. The van der Waals surface area contributed by atoms with Gasteiger partial charge in [-0.2, -0.15) is 0 Å². The highest BCUT2D eigenvalue weighted by atomic mass is 35.5. The maximum atomic E-state index is 13.9. The quantitative estimate of drug-likeness (QED) is 0.796. The van der Waals surface area contributed by atoms with Crippen LogP contribution in [0.3, 0.4) is 0 Å². The molecule has 2 N–H and O–H groups in total. The Morgan fingerprint density at radius 1 is 1.35 bits per heavy atom. The summed E-state index contributed by atoms with van der Waals surface area (Å²) in [5, 5.41) is 13.6. The lowest BCUT2D eigenvalue weighted by Gasteiger charge is -2.34. The Kier molecular flexibility index (Phi) is 7.28. The first-order valence-electron chi connectivity index (χ1n) is 8.51. The van der Waals surface area contributed by atoms with Gasteiger partial charge < -0.3 is 10.4 Å². The molecule has 0 aliphatic carbocycles. The smallest absolute Gasteiger partial charge is 0.129 e. The highest BCUT2D eigenvalue weighted by Crippen LogP contribution is 2.23. The van der Waals surface area contributed by atoms with E-state index in [1.807, 2.05) is 0 Å². The number of piperidine rings is 1. The zero-order valence-corrected chi connectivity index (χ0v) is 14.8. The van der Waals surface area contributed by atoms with Crippen LogP contribution in [0.1, 0.15) is 38.7 Å². The molecule has 3 nitrogen and oxygen atoms in total. The van der Waals surface area contributed by atoms with Gasteiger partial charge in [0.2, 0.25) is 0 Å². The van der Waals surface area contributed by atoms with Crippen molar-refractivity contribution >= 4 is 11.6 Å². The van der Waals surface area contributed by atoms with E-state index >= 15 is 0 Å². The van der Waals surface area contributed by atoms with Gasteiger partial charge in [-0.25, -0.2) is 4.39 Å². The van der Waals surface area contributed by atoms with Gasteiger partial charge >= 0.3 is 0 Å². The Hall–Kier alpha value is -0.680. The number of halogens is 2. The number of hydrogen-bond acceptors (Lipinski definition) is 3. The van der Waals surface area contributed by atoms with Crippen LogP contribution in [0.25, 0.3) is 0 Å². The van der Waals surface area contributed by atoms with Gasteiger partial charge in [0.1, 0.15) is 5.82 Å². The van der Waals surface area contributed by atoms with Crippen molar-refractivity contribution in [2.75, 3.05) is 19.7 Å². The number of benzene rings is 1. The average Bonchev–Trinajstić information content (AvgIpc) is 2.51. The highest BCUT2D eigenvalue weighted by Gasteiger charge is 2.23. The molecule has 1 heterocycles. The van der Waals surface area contributed by atoms with E-state index in [-0.39, 0.29) is 18.5 Å². The first-order valence-corrected chi connectivity index (χ1v) is 8.89. The van der Waals surface area contributed by atoms with E-state index in [1.165, 1.54) is 6.07 Å². The molecule has 1 unspecified atom stereocenters. The number of aliphatic hydroxyl groups excluding tert-OH is 1. The van der Waals surface area contributed by atoms with Crippen molar-refractivity contribution in [3.8, 4) is 0 Å². The Labute approximate surface area is 143 Å². The monoisotopic (exact) mass is 342 g/mol. The lowest BCUT2D eigenvalue weighted by atomic mass is 9.99. The Morgan fingerprint density at radius 3 is 2.61 bits per heavy atom. The number of aliphatic hydroxyl groups is 1. The van der Waals surface area contributed by atoms with Crippen molar-refractivity contribution in [3.63, 3.8) is 0 Å². The number of likely N-dealkylation sites (tertiary alicyclic amines) is 1. The van der Waals surface area contributed by atoms with Gasteiger partial charge in [0.25, 0.3) is 0 Å². The third kappa shape index (κ3) is 5.71. The molecule has 1 aromatic rings. The molecule has 0 saturated carbocycles. The summed E-state index contributed by atoms with van der Waals surface area (Å²) in [5.41, 5.74) is 0.591. The van der Waals surface area contributed by atoms with Crippen LogP contribution >= 0.6 is 11.6 Å². The number of rotatable bonds is 7. The standard InChI is InChI=1S/C18H28ClFN2O/c1-13(2)10-15(12-23)21-14-6-8-22(9-7-14)11-16-17(19)4-3-5-18(16)20/h3-5,13-15,21,23H,6-12H2,1-2H3. The summed E-state index contributed by atoms with van der Waals surface area (Å²) in [6.07, 6.45) is 3.02. The lowest BCUT2D eigenvalue weighted by Crippen LogP contribution is -2.47. The Bertz CT molecular complexity index is 470. The maximum Gasteiger partial charge on any atom is 0.129 e. The van der Waals surface area contributed by atoms with Crippen LogP contribution in [0.2, 0.25) is 5.02 Å². The number of hydrogen-bond donors (Lipinski definition) is 2. The summed E-state index contributed by atoms with van der Waals surface area (Å²) in [5.74, 6) is 0.345. The SMILES string of the molecule is CC(C)CC(CO)NC1CCN(Cc2c(F)cccc2Cl)CC1. The summed E-state index contributed by atoms with van der Waals surface area (Å²) in [6.45, 7) is 6.93. The summed E-state index contributed by atoms with van der Waals surface area (Å²) >= 11 is 6.11. The van der Waals surface area contributed by atoms with Crippen molar-refractivity contribution in [1.82, 2.24) is 10.2 Å². The van der Waals surface area contributed by atoms with Gasteiger partial charge in [0.05, 0.1) is 6.61 Å². The second-order valence-electron chi connectivity index (χ2n) is 6.93. The zero-order valence-electron chi connectivity index (χ0n) is 14.1. The number of nitrogens with one attached hydrogen (secondary N) is 1. The molecule has 1 atom stereocenters. The van der Waals surface area contributed by atoms with Crippen LogP contribution in [-0.4, -0.2) is 41.8 Å². The van der Waals surface area contributed by atoms with Gasteiger partial charge in [-0.05, 0) is 50.4 Å². The van der Waals surface area contributed by atoms with E-state index in [0.717, 1.165) is 32.4 Å². The fraction of sp³-hybridized carbons (Fsp3) is 0.667. The molecule has 1 fully saturated rings. The molecule has 5 heteroatoms. The molecule has 0 aromatic heterocycles. The van der Waals surface area contributed by atoms with E-state index in [4.69, 9.17) is 11.6 Å². The van der Waals surface area contributed by atoms with Gasteiger partial charge in [-0.1, -0.05) is 31.5 Å². The van der Waals surface area contributed by atoms with Crippen LogP contribution in [0.4, 0.5) is 4.39 Å². The molecule has 1 aliphatic rings. The fourth-order valence-corrected chi connectivity index (χ4v) is 3.49. The largest absolute Gasteiger partial charge is 0.395 e. The highest BCUT2D eigenvalue weighted by molar-refractivity contribution is 6.31. The van der Waals surface area contributed by atoms with Crippen molar-refractivity contribution in [2.45, 2.75) is 51.7 Å². The van der Waals surface area contributed by atoms with E-state index in [2.05, 4.69) is 24.1 Å². The van der Waals surface area contributed by atoms with Gasteiger partial charge in [-0.15, -0.1) is 0 Å². The minimum absolute atomic E-state index is 0.174. The first-order chi connectivity index (χ1) is 11.0. The normalized spacial score (nSPS) is 18.5. The first kappa shape index (κ1) is 18.7. The minimum atomic E-state index is -0.227. The topological polar surface area (TPSA) is 35.5 Å². The molecule has 0 amide bonds. The summed E-state index contributed by atoms with van der Waals surface area (Å²) < 4.78 is 13.9. The van der Waals surface area contributed by atoms with E-state index in [0.29, 0.717) is 29.1 Å². The summed E-state index contributed by atoms with van der Waals surface area (Å²) in [6, 6.07) is 5.45. The molecule has 0 bridgehead atoms. The van der Waals surface area contributed by atoms with Crippen LogP contribution < -0.4 is 5.32 Å². The molecule has 0 spiro atoms. The zero-order chi connectivity index (χ0) is 16.8. The molecule has 1 aromatic carbocycles. The van der Waals surface area contributed by atoms with Crippen molar-refractivity contribution in [1.29, 1.82) is 0 Å². The van der Waals surface area contributed by atoms with Crippen LogP contribution in [-0.2, 0) is 6.54 Å². The fourth-order valence-electron chi connectivity index (χ4n) is 3.26. The van der Waals surface area contributed by atoms with Crippen LogP contribution in [0.15, 0.2) is 18.2 Å². The second kappa shape index (κ2) is 8.97. The van der Waals surface area contributed by atoms with E-state index < -0.39 is 0 Å². The van der Waals surface area contributed by atoms with Gasteiger partial charge in [-0.3, -0.25) is 4.90 Å². The number of nitrogens with zero attached hydrogens (tertiary/aromatic N) is 1. The summed E-state index contributed by atoms with van der Waals surface area (Å²) in [7, 11) is 0. The van der Waals surface area contributed by atoms with Crippen LogP contribution in [0, 0.1) is 11.7 Å². The maximum absolute atomic E-state index is 13.9. The van der Waals surface area contributed by atoms with Crippen LogP contribution in [0.5, 0.6) is 0 Å². The summed E-state index contributed by atoms with van der Waals surface area (Å²) in [4.78, 5) is 2.25. The third-order valence-corrected chi connectivity index (χ3v) is 4.83. The average molecular weight is 343 g/mol. The van der Waals surface area contributed by atoms with Gasteiger partial charge in [0, 0.05) is 29.2 Å². The minimum Gasteiger partial charge on any atom is -0.395 e. The molecule has 23 heavy (non-hydrogen) atoms. The molecular formula is C18H28ClFN2O. The van der Waals surface area contributed by atoms with Gasteiger partial charge in [0.15, 0.2) is 0 Å². The van der Waals surface area contributed by atoms with E-state index in [1.54, 1.807) is 12.1 Å². The van der Waals surface area contributed by atoms with Crippen molar-refractivity contribution in [2.24, 2.45) is 5.92 Å². The van der Waals surface area contributed by atoms with Crippen molar-refractivity contribution < 1.29 is 9.50 Å². The molecule has 1 aliphatic heterocycles. The van der Waals surface area contributed by atoms with E-state index in [9.17, 15) is 9.50 Å². The molecule has 2 rings (SSSR count). The molecule has 130 valence electrons. The lowest BCUT2D eigenvalue weighted by molar-refractivity contribution is 0.158. The predicted molar refractivity (Wildman–Crippen MR) is 93.2 cm³/mol. The molecular weight excluding hydrogens is 315 g/mol. The Morgan fingerprint density at radius 2 is 2.04 bits per heavy atom. The molecule has 0 radical (unpaired) electrons. The molecule has 1 saturated heterocycles. The predicted octanol–water partition coefficient (Wildman–Crippen LogP) is 3.44.